The summed E-state index contributed by atoms with van der Waals surface area (Å²) in [6.45, 7) is 0.711. The van der Waals surface area contributed by atoms with Crippen molar-refractivity contribution in [3.05, 3.63) is 120 Å². The van der Waals surface area contributed by atoms with Crippen LogP contribution in [0.4, 0.5) is 0 Å². The van der Waals surface area contributed by atoms with Crippen molar-refractivity contribution in [3.8, 4) is 5.75 Å². The Morgan fingerprint density at radius 2 is 1.13 bits per heavy atom. The second-order valence-electron chi connectivity index (χ2n) is 24.2. The number of benzene rings is 3. The first-order valence-electron chi connectivity index (χ1n) is 31.8. The zero-order valence-electron chi connectivity index (χ0n) is 53.6. The number of aromatic amines is 3. The first-order valence-corrected chi connectivity index (χ1v) is 32.4. The van der Waals surface area contributed by atoms with E-state index in [0.29, 0.717) is 50.6 Å². The number of carboxylic acid groups (broad SMARTS) is 1. The zero-order chi connectivity index (χ0) is 70.6. The molecule has 522 valence electrons. The average molecular weight is 1370 g/mol. The number of phenolic OH excluding ortho intramolecular Hbond substituents is 1. The topological polar surface area (TPSA) is 478 Å². The lowest BCUT2D eigenvalue weighted by molar-refractivity contribution is -0.142. The van der Waals surface area contributed by atoms with Crippen LogP contribution in [0, 0.1) is 5.92 Å². The molecule has 2 aliphatic rings. The number of carboxylic acids is 1. The van der Waals surface area contributed by atoms with Crippen LogP contribution in [0.3, 0.4) is 0 Å². The van der Waals surface area contributed by atoms with E-state index in [9.17, 15) is 77.6 Å². The number of amides is 12. The maximum absolute atomic E-state index is 14.7. The second kappa shape index (κ2) is 34.7. The maximum Gasteiger partial charge on any atom is 0.327 e. The van der Waals surface area contributed by atoms with Gasteiger partial charge < -0.3 is 93.7 Å². The van der Waals surface area contributed by atoms with E-state index >= 15 is 0 Å². The SMILES string of the molecule is CC(C)C[C@H](NC(=O)[C@H](Cc1c[nH]c2ccccc12)NC(=O)CNC(=O)[C@H](Cc1ccc(O)cc1)NC(=O)[C@H](CO)NC(=O)[C@H](Cc1c[nH]c2ccccc12)NC(=O)[C@H](Cc1cnc[nH]1)NC(=O)[C@@H]1CCC(=O)N1)C(=O)N1CCC[C@H]1C(=O)NCC(=O)NCC(=O)N[C@@H](CS)C(=O)O. The highest BCUT2D eigenvalue weighted by atomic mass is 32.1. The van der Waals surface area contributed by atoms with Gasteiger partial charge in [-0.25, -0.2) is 9.78 Å². The number of hydrogen-bond donors (Lipinski definition) is 18. The molecule has 0 aliphatic carbocycles. The summed E-state index contributed by atoms with van der Waals surface area (Å²) in [5, 5.41) is 59.3. The third-order valence-electron chi connectivity index (χ3n) is 16.5. The van der Waals surface area contributed by atoms with E-state index in [1.807, 2.05) is 13.8 Å². The minimum atomic E-state index is -1.79. The summed E-state index contributed by atoms with van der Waals surface area (Å²) in [6, 6.07) is 7.81. The molecule has 0 radical (unpaired) electrons. The van der Waals surface area contributed by atoms with E-state index in [-0.39, 0.29) is 81.2 Å². The number of hydrogen-bond acceptors (Lipinski definition) is 17. The van der Waals surface area contributed by atoms with Crippen LogP contribution in [0.5, 0.6) is 5.75 Å². The van der Waals surface area contributed by atoms with Crippen LogP contribution in [-0.4, -0.2) is 210 Å². The molecule has 12 amide bonds. The van der Waals surface area contributed by atoms with Crippen molar-refractivity contribution in [1.82, 2.24) is 83.3 Å². The van der Waals surface area contributed by atoms with Crippen molar-refractivity contribution in [2.75, 3.05) is 38.5 Å². The molecule has 17 N–H and O–H groups in total. The number of aromatic hydroxyl groups is 1. The van der Waals surface area contributed by atoms with E-state index in [4.69, 9.17) is 0 Å². The van der Waals surface area contributed by atoms with Gasteiger partial charge >= 0.3 is 5.97 Å². The maximum atomic E-state index is 14.7. The molecule has 2 fully saturated rings. The Labute approximate surface area is 566 Å². The predicted octanol–water partition coefficient (Wildman–Crippen LogP) is -2.59. The van der Waals surface area contributed by atoms with Gasteiger partial charge in [0, 0.05) is 90.5 Å². The van der Waals surface area contributed by atoms with Crippen LogP contribution in [-0.2, 0) is 88.0 Å². The Kier molecular flexibility index (Phi) is 25.9. The highest BCUT2D eigenvalue weighted by Crippen LogP contribution is 2.24. The van der Waals surface area contributed by atoms with E-state index < -0.39 is 152 Å². The van der Waals surface area contributed by atoms with E-state index in [2.05, 4.69) is 91.0 Å². The molecular formula is C65H80N16O16S. The van der Waals surface area contributed by atoms with Gasteiger partial charge in [0.15, 0.2) is 0 Å². The molecule has 9 atom stereocenters. The van der Waals surface area contributed by atoms with Crippen LogP contribution in [0.2, 0.25) is 0 Å². The fourth-order valence-corrected chi connectivity index (χ4v) is 11.7. The monoisotopic (exact) mass is 1370 g/mol. The number of carbonyl (C=O) groups is 13. The molecule has 0 bridgehead atoms. The summed E-state index contributed by atoms with van der Waals surface area (Å²) in [5.74, 6) is -11.3. The van der Waals surface area contributed by atoms with Crippen LogP contribution in [0.25, 0.3) is 21.8 Å². The number of carbonyl (C=O) groups excluding carboxylic acids is 12. The number of phenols is 1. The number of aromatic nitrogens is 4. The van der Waals surface area contributed by atoms with Gasteiger partial charge in [0.05, 0.1) is 32.6 Å². The van der Waals surface area contributed by atoms with E-state index in [1.165, 1.54) is 41.7 Å². The molecule has 0 saturated carbocycles. The van der Waals surface area contributed by atoms with Crippen molar-refractivity contribution < 1.29 is 77.6 Å². The minimum Gasteiger partial charge on any atom is -0.508 e. The molecule has 0 unspecified atom stereocenters. The lowest BCUT2D eigenvalue weighted by Crippen LogP contribution is -2.60. The molecular weight excluding hydrogens is 1290 g/mol. The summed E-state index contributed by atoms with van der Waals surface area (Å²) >= 11 is 3.89. The van der Waals surface area contributed by atoms with Crippen LogP contribution in [0.15, 0.2) is 97.7 Å². The fourth-order valence-electron chi connectivity index (χ4n) is 11.4. The molecule has 98 heavy (non-hydrogen) atoms. The van der Waals surface area contributed by atoms with Crippen molar-refractivity contribution >= 4 is 111 Å². The molecule has 3 aromatic carbocycles. The summed E-state index contributed by atoms with van der Waals surface area (Å²) < 4.78 is 0. The third-order valence-corrected chi connectivity index (χ3v) is 16.9. The molecule has 32 nitrogen and oxygen atoms in total. The number of nitrogens with one attached hydrogen (secondary N) is 14. The number of para-hydroxylation sites is 2. The number of fused-ring (bicyclic) bond motifs is 2. The number of aliphatic hydroxyl groups is 1. The van der Waals surface area contributed by atoms with Crippen LogP contribution >= 0.6 is 12.6 Å². The lowest BCUT2D eigenvalue weighted by atomic mass is 10.00. The van der Waals surface area contributed by atoms with Gasteiger partial charge in [-0.05, 0) is 72.6 Å². The largest absolute Gasteiger partial charge is 0.508 e. The fraction of sp³-hybridized carbons (Fsp3) is 0.415. The lowest BCUT2D eigenvalue weighted by Gasteiger charge is -2.30. The van der Waals surface area contributed by atoms with E-state index in [1.54, 1.807) is 60.9 Å². The molecule has 6 aromatic rings. The Morgan fingerprint density at radius 1 is 0.592 bits per heavy atom. The molecule has 8 rings (SSSR count). The highest BCUT2D eigenvalue weighted by molar-refractivity contribution is 7.80. The predicted molar refractivity (Wildman–Crippen MR) is 355 cm³/mol. The van der Waals surface area contributed by atoms with Gasteiger partial charge in [-0.1, -0.05) is 62.4 Å². The number of likely N-dealkylation sites (tertiary alicyclic amines) is 1. The zero-order valence-corrected chi connectivity index (χ0v) is 54.5. The van der Waals surface area contributed by atoms with Crippen molar-refractivity contribution in [2.45, 2.75) is 126 Å². The van der Waals surface area contributed by atoms with Gasteiger partial charge in [0.1, 0.15) is 60.1 Å². The summed E-state index contributed by atoms with van der Waals surface area (Å²) in [6.07, 6.45) is 6.31. The number of H-pyrrole nitrogens is 3. The Hall–Kier alpha value is -10.8. The van der Waals surface area contributed by atoms with Gasteiger partial charge in [0.25, 0.3) is 0 Å². The molecule has 3 aromatic heterocycles. The number of thiol groups is 1. The number of rotatable bonds is 34. The normalized spacial score (nSPS) is 16.4. The highest BCUT2D eigenvalue weighted by Gasteiger charge is 2.40. The number of nitrogens with zero attached hydrogens (tertiary/aromatic N) is 2. The molecule has 5 heterocycles. The van der Waals surface area contributed by atoms with Crippen molar-refractivity contribution in [2.24, 2.45) is 5.92 Å². The van der Waals surface area contributed by atoms with Gasteiger partial charge in [-0.15, -0.1) is 0 Å². The Balaban J connectivity index is 0.953. The molecule has 33 heteroatoms. The van der Waals surface area contributed by atoms with Gasteiger partial charge in [-0.2, -0.15) is 12.6 Å². The molecule has 2 aliphatic heterocycles. The van der Waals surface area contributed by atoms with Crippen molar-refractivity contribution in [1.29, 1.82) is 0 Å². The summed E-state index contributed by atoms with van der Waals surface area (Å²) in [5.41, 5.74) is 3.40. The Morgan fingerprint density at radius 3 is 1.69 bits per heavy atom. The number of imidazole rings is 1. The van der Waals surface area contributed by atoms with Crippen LogP contribution < -0.4 is 58.5 Å². The molecule has 0 spiro atoms. The molecule has 2 saturated heterocycles. The van der Waals surface area contributed by atoms with Crippen molar-refractivity contribution in [3.63, 3.8) is 0 Å². The standard InChI is InChI=1S/C65H80N16O16S/c1-34(2)20-49(64(95)81-19-7-12-52(81)63(94)71-28-54(85)69-29-55(86)75-51(32-98)65(96)97)79-59(90)46(22-36-25-67-42-10-5-3-8-40(36)42)74-56(87)30-70-57(88)45(21-35-13-15-39(83)16-14-35)76-62(93)50(31-82)80-60(91)47(23-37-26-68-43-11-6-4-9-41(37)43)77-61(92)48(24-38-27-66-33-72-38)78-58(89)44-17-18-53(84)73-44/h3-6,8-11,13-16,25-27,33-34,44-52,67-68,82-83,98H,7,12,17-24,28-32H2,1-2H3,(H,66,72)(H,69,85)(H,70,88)(H,71,94)(H,73,84)(H,74,87)(H,75,86)(H,76,93)(H,77,92)(H,78,89)(H,79,90)(H,80,91)(H,96,97)/t44-,45-,46-,47-,48-,49-,50-,51-,52-/m0/s1. The first kappa shape index (κ1) is 73.0. The third kappa shape index (κ3) is 20.4. The van der Waals surface area contributed by atoms with Crippen LogP contribution in [0.1, 0.15) is 68.3 Å². The van der Waals surface area contributed by atoms with E-state index in [0.717, 1.165) is 0 Å². The average Bonchev–Trinajstić information content (AvgIpc) is 1.64. The number of aliphatic carboxylic acids is 1. The van der Waals surface area contributed by atoms with Gasteiger partial charge in [-0.3, -0.25) is 57.5 Å². The quantitative estimate of drug-likeness (QED) is 0.0184. The second-order valence-corrected chi connectivity index (χ2v) is 24.6. The summed E-state index contributed by atoms with van der Waals surface area (Å²) in [4.78, 5) is 191. The minimum absolute atomic E-state index is 0.0788. The first-order chi connectivity index (χ1) is 47.0. The van der Waals surface area contributed by atoms with Gasteiger partial charge in [0.2, 0.25) is 70.9 Å². The Bertz CT molecular complexity index is 3880. The number of aliphatic hydroxyl groups excluding tert-OH is 1. The smallest absolute Gasteiger partial charge is 0.327 e. The summed E-state index contributed by atoms with van der Waals surface area (Å²) in [7, 11) is 0.